The first-order valence-electron chi connectivity index (χ1n) is 7.89. The number of nitrogen functional groups attached to an aromatic ring is 1. The highest BCUT2D eigenvalue weighted by Gasteiger charge is 2.09. The van der Waals surface area contributed by atoms with Crippen molar-refractivity contribution in [3.05, 3.63) is 24.3 Å². The van der Waals surface area contributed by atoms with Crippen molar-refractivity contribution >= 4 is 5.69 Å². The molecule has 0 aliphatic heterocycles. The summed E-state index contributed by atoms with van der Waals surface area (Å²) < 4.78 is 11.1. The minimum Gasteiger partial charge on any atom is -0.491 e. The summed E-state index contributed by atoms with van der Waals surface area (Å²) in [7, 11) is 0. The Balaban J connectivity index is 2.10. The van der Waals surface area contributed by atoms with Crippen molar-refractivity contribution in [2.75, 3.05) is 18.9 Å². The number of aliphatic hydroxyl groups is 1. The van der Waals surface area contributed by atoms with Gasteiger partial charge in [-0.3, -0.25) is 0 Å². The lowest BCUT2D eigenvalue weighted by Gasteiger charge is -2.17. The number of hydrogen-bond donors (Lipinski definition) is 2. The number of nitrogens with two attached hydrogens (primary N) is 1. The van der Waals surface area contributed by atoms with E-state index in [1.54, 1.807) is 24.3 Å². The predicted octanol–water partition coefficient (Wildman–Crippen LogP) is 3.38. The first kappa shape index (κ1) is 17.8. The third-order valence-corrected chi connectivity index (χ3v) is 3.36. The van der Waals surface area contributed by atoms with Crippen LogP contribution >= 0.6 is 0 Å². The zero-order chi connectivity index (χ0) is 15.5. The zero-order valence-corrected chi connectivity index (χ0v) is 13.3. The molecule has 2 unspecified atom stereocenters. The monoisotopic (exact) mass is 295 g/mol. The Hall–Kier alpha value is -1.26. The largest absolute Gasteiger partial charge is 0.491 e. The molecule has 0 saturated heterocycles. The molecule has 2 atom stereocenters. The Bertz CT molecular complexity index is 367. The summed E-state index contributed by atoms with van der Waals surface area (Å²) in [6.45, 7) is 4.80. The van der Waals surface area contributed by atoms with Gasteiger partial charge in [0.25, 0.3) is 0 Å². The molecular weight excluding hydrogens is 266 g/mol. The highest BCUT2D eigenvalue weighted by atomic mass is 16.5. The number of rotatable bonds is 11. The fourth-order valence-corrected chi connectivity index (χ4v) is 2.02. The topological polar surface area (TPSA) is 64.7 Å². The molecule has 0 saturated carbocycles. The fraction of sp³-hybridized carbons (Fsp3) is 0.647. The average molecular weight is 295 g/mol. The number of hydrogen-bond acceptors (Lipinski definition) is 4. The second-order valence-corrected chi connectivity index (χ2v) is 5.53. The van der Waals surface area contributed by atoms with E-state index in [1.807, 2.05) is 0 Å². The zero-order valence-electron chi connectivity index (χ0n) is 13.3. The second-order valence-electron chi connectivity index (χ2n) is 5.53. The number of unbranched alkanes of at least 4 members (excludes halogenated alkanes) is 3. The fourth-order valence-electron chi connectivity index (χ4n) is 2.02. The highest BCUT2D eigenvalue weighted by molar-refractivity contribution is 5.41. The Morgan fingerprint density at radius 1 is 1.10 bits per heavy atom. The van der Waals surface area contributed by atoms with Crippen LogP contribution in [0.3, 0.4) is 0 Å². The molecule has 0 aliphatic rings. The van der Waals surface area contributed by atoms with Crippen molar-refractivity contribution in [1.29, 1.82) is 0 Å². The number of ether oxygens (including phenoxy) is 2. The van der Waals surface area contributed by atoms with Gasteiger partial charge in [0.2, 0.25) is 0 Å². The smallest absolute Gasteiger partial charge is 0.119 e. The van der Waals surface area contributed by atoms with Crippen LogP contribution in [0, 0.1) is 0 Å². The van der Waals surface area contributed by atoms with Crippen LogP contribution in [0.1, 0.15) is 46.0 Å². The number of anilines is 1. The second kappa shape index (κ2) is 10.5. The van der Waals surface area contributed by atoms with Crippen LogP contribution < -0.4 is 10.5 Å². The van der Waals surface area contributed by atoms with Crippen LogP contribution in [0.25, 0.3) is 0 Å². The van der Waals surface area contributed by atoms with Gasteiger partial charge in [-0.25, -0.2) is 0 Å². The lowest BCUT2D eigenvalue weighted by molar-refractivity contribution is -0.0214. The first-order valence-corrected chi connectivity index (χ1v) is 7.89. The molecule has 0 bridgehead atoms. The molecule has 1 aromatic rings. The molecule has 0 spiro atoms. The molecule has 120 valence electrons. The Kier molecular flexibility index (Phi) is 8.87. The number of benzene rings is 1. The van der Waals surface area contributed by atoms with E-state index in [4.69, 9.17) is 15.2 Å². The van der Waals surface area contributed by atoms with Gasteiger partial charge >= 0.3 is 0 Å². The molecule has 0 fully saturated rings. The maximum Gasteiger partial charge on any atom is 0.119 e. The van der Waals surface area contributed by atoms with Gasteiger partial charge in [0.1, 0.15) is 18.5 Å². The van der Waals surface area contributed by atoms with Gasteiger partial charge in [-0.2, -0.15) is 0 Å². The van der Waals surface area contributed by atoms with Gasteiger partial charge in [0.05, 0.1) is 12.7 Å². The molecule has 3 N–H and O–H groups in total. The molecule has 21 heavy (non-hydrogen) atoms. The van der Waals surface area contributed by atoms with E-state index in [-0.39, 0.29) is 12.7 Å². The molecule has 0 radical (unpaired) electrons. The Labute approximate surface area is 128 Å². The minimum absolute atomic E-state index is 0.188. The summed E-state index contributed by atoms with van der Waals surface area (Å²) in [4.78, 5) is 0. The van der Waals surface area contributed by atoms with Crippen molar-refractivity contribution in [3.8, 4) is 5.75 Å². The van der Waals surface area contributed by atoms with Crippen molar-refractivity contribution in [2.24, 2.45) is 0 Å². The van der Waals surface area contributed by atoms with Gasteiger partial charge in [-0.05, 0) is 37.6 Å². The molecule has 4 nitrogen and oxygen atoms in total. The molecular formula is C17H29NO3. The quantitative estimate of drug-likeness (QED) is 0.485. The van der Waals surface area contributed by atoms with E-state index in [9.17, 15) is 5.11 Å². The van der Waals surface area contributed by atoms with Gasteiger partial charge < -0.3 is 20.3 Å². The summed E-state index contributed by atoms with van der Waals surface area (Å²) >= 11 is 0. The summed E-state index contributed by atoms with van der Waals surface area (Å²) in [5.41, 5.74) is 6.29. The normalized spacial score (nSPS) is 13.9. The van der Waals surface area contributed by atoms with Crippen molar-refractivity contribution in [3.63, 3.8) is 0 Å². The average Bonchev–Trinajstić information content (AvgIpc) is 2.49. The molecule has 4 heteroatoms. The molecule has 1 aromatic carbocycles. The Morgan fingerprint density at radius 2 is 1.81 bits per heavy atom. The Morgan fingerprint density at radius 3 is 2.48 bits per heavy atom. The van der Waals surface area contributed by atoms with Crippen LogP contribution in [-0.2, 0) is 4.74 Å². The maximum absolute atomic E-state index is 9.85. The van der Waals surface area contributed by atoms with Crippen LogP contribution in [-0.4, -0.2) is 30.5 Å². The molecule has 0 heterocycles. The van der Waals surface area contributed by atoms with Crippen molar-refractivity contribution < 1.29 is 14.6 Å². The van der Waals surface area contributed by atoms with E-state index in [0.29, 0.717) is 18.0 Å². The van der Waals surface area contributed by atoms with Crippen LogP contribution in [0.15, 0.2) is 24.3 Å². The summed E-state index contributed by atoms with van der Waals surface area (Å²) in [6.07, 6.45) is 5.60. The first-order chi connectivity index (χ1) is 10.1. The van der Waals surface area contributed by atoms with Gasteiger partial charge in [0.15, 0.2) is 0 Å². The van der Waals surface area contributed by atoms with E-state index in [0.717, 1.165) is 6.42 Å². The van der Waals surface area contributed by atoms with Crippen molar-refractivity contribution in [2.45, 2.75) is 58.2 Å². The number of aliphatic hydroxyl groups excluding tert-OH is 1. The van der Waals surface area contributed by atoms with E-state index in [2.05, 4.69) is 13.8 Å². The highest BCUT2D eigenvalue weighted by Crippen LogP contribution is 2.13. The minimum atomic E-state index is -0.611. The summed E-state index contributed by atoms with van der Waals surface area (Å²) in [5, 5.41) is 9.85. The summed E-state index contributed by atoms with van der Waals surface area (Å²) in [6, 6.07) is 7.13. The molecule has 1 rings (SSSR count). The van der Waals surface area contributed by atoms with E-state index < -0.39 is 6.10 Å². The summed E-state index contributed by atoms with van der Waals surface area (Å²) in [5.74, 6) is 0.705. The third-order valence-electron chi connectivity index (χ3n) is 3.36. The van der Waals surface area contributed by atoms with Crippen molar-refractivity contribution in [1.82, 2.24) is 0 Å². The van der Waals surface area contributed by atoms with E-state index in [1.165, 1.54) is 25.7 Å². The maximum atomic E-state index is 9.85. The van der Waals surface area contributed by atoms with Gasteiger partial charge in [0, 0.05) is 5.69 Å². The van der Waals surface area contributed by atoms with E-state index >= 15 is 0 Å². The molecule has 0 aromatic heterocycles. The van der Waals surface area contributed by atoms with Crippen LogP contribution in [0.2, 0.25) is 0 Å². The lowest BCUT2D eigenvalue weighted by Crippen LogP contribution is -2.26. The van der Waals surface area contributed by atoms with Crippen LogP contribution in [0.5, 0.6) is 5.75 Å². The standard InChI is InChI=1S/C17H29NO3/c1-3-4-5-6-7-14(2)20-12-16(19)13-21-17-10-8-15(18)9-11-17/h8-11,14,16,19H,3-7,12-13,18H2,1-2H3. The lowest BCUT2D eigenvalue weighted by atomic mass is 10.1. The van der Waals surface area contributed by atoms with Gasteiger partial charge in [-0.15, -0.1) is 0 Å². The third kappa shape index (κ3) is 8.58. The SMILES string of the molecule is CCCCCCC(C)OCC(O)COc1ccc(N)cc1. The molecule has 0 amide bonds. The van der Waals surface area contributed by atoms with Gasteiger partial charge in [-0.1, -0.05) is 32.6 Å². The predicted molar refractivity (Wildman–Crippen MR) is 86.5 cm³/mol. The molecule has 0 aliphatic carbocycles. The van der Waals surface area contributed by atoms with Crippen LogP contribution in [0.4, 0.5) is 5.69 Å².